The molecule has 0 amide bonds. The van der Waals surface area contributed by atoms with E-state index in [2.05, 4.69) is 0 Å². The van der Waals surface area contributed by atoms with Gasteiger partial charge in [-0.3, -0.25) is 4.31 Å². The van der Waals surface area contributed by atoms with E-state index in [1.807, 2.05) is 0 Å². The summed E-state index contributed by atoms with van der Waals surface area (Å²) in [5, 5.41) is 0. The molecule has 1 aromatic carbocycles. The van der Waals surface area contributed by atoms with Crippen LogP contribution in [0.3, 0.4) is 0 Å². The van der Waals surface area contributed by atoms with Gasteiger partial charge in [0.25, 0.3) is 0 Å². The van der Waals surface area contributed by atoms with Crippen LogP contribution in [0.25, 0.3) is 0 Å². The number of halogens is 3. The lowest BCUT2D eigenvalue weighted by molar-refractivity contribution is -0.134. The summed E-state index contributed by atoms with van der Waals surface area (Å²) in [5.74, 6) is -0.558. The summed E-state index contributed by atoms with van der Waals surface area (Å²) in [4.78, 5) is 0. The van der Waals surface area contributed by atoms with Crippen LogP contribution >= 0.6 is 0 Å². The van der Waals surface area contributed by atoms with Crippen LogP contribution in [0.15, 0.2) is 24.3 Å². The molecule has 0 heterocycles. The number of hydrogen-bond acceptors (Lipinski definition) is 3. The third kappa shape index (κ3) is 4.98. The first-order valence-corrected chi connectivity index (χ1v) is 7.12. The zero-order chi connectivity index (χ0) is 14.7. The Kier molecular flexibility index (Phi) is 4.67. The Balaban J connectivity index is 2.72. The fraction of sp³-hybridized carbons (Fsp3) is 0.455. The topological polar surface area (TPSA) is 63.4 Å². The molecule has 0 spiro atoms. The minimum atomic E-state index is -4.34. The van der Waals surface area contributed by atoms with E-state index in [1.165, 1.54) is 19.2 Å². The molecule has 4 nitrogen and oxygen atoms in total. The Bertz CT molecular complexity index is 529. The Morgan fingerprint density at radius 2 is 1.95 bits per heavy atom. The van der Waals surface area contributed by atoms with Crippen molar-refractivity contribution in [1.29, 1.82) is 0 Å². The number of nitrogens with two attached hydrogens (primary N) is 1. The van der Waals surface area contributed by atoms with E-state index < -0.39 is 34.8 Å². The molecule has 0 aliphatic rings. The van der Waals surface area contributed by atoms with Gasteiger partial charge in [-0.1, -0.05) is 6.07 Å². The molecule has 2 N–H and O–H groups in total. The Morgan fingerprint density at radius 3 is 2.47 bits per heavy atom. The van der Waals surface area contributed by atoms with Gasteiger partial charge in [0, 0.05) is 19.2 Å². The van der Waals surface area contributed by atoms with Crippen LogP contribution in [-0.2, 0) is 10.0 Å². The van der Waals surface area contributed by atoms with Crippen LogP contribution in [0.4, 0.5) is 24.5 Å². The van der Waals surface area contributed by atoms with Gasteiger partial charge in [0.05, 0.1) is 11.4 Å². The van der Waals surface area contributed by atoms with Gasteiger partial charge in [0.15, 0.2) is 0 Å². The molecule has 0 radical (unpaired) electrons. The molecule has 108 valence electrons. The van der Waals surface area contributed by atoms with E-state index in [0.29, 0.717) is 11.4 Å². The predicted molar refractivity (Wildman–Crippen MR) is 68.3 cm³/mol. The van der Waals surface area contributed by atoms with Crippen molar-refractivity contribution >= 4 is 21.4 Å². The van der Waals surface area contributed by atoms with Crippen molar-refractivity contribution in [2.45, 2.75) is 19.0 Å². The average molecular weight is 296 g/mol. The molecule has 1 aromatic rings. The summed E-state index contributed by atoms with van der Waals surface area (Å²) in [6, 6.07) is 6.14. The minimum Gasteiger partial charge on any atom is -0.399 e. The lowest BCUT2D eigenvalue weighted by Gasteiger charge is -2.20. The quantitative estimate of drug-likeness (QED) is 0.848. The number of nitrogen functional groups attached to an aromatic ring is 1. The van der Waals surface area contributed by atoms with Crippen LogP contribution in [0, 0.1) is 0 Å². The summed E-state index contributed by atoms with van der Waals surface area (Å²) in [5.41, 5.74) is 6.24. The number of rotatable bonds is 5. The van der Waals surface area contributed by atoms with Gasteiger partial charge in [-0.2, -0.15) is 13.2 Å². The average Bonchev–Trinajstić information content (AvgIpc) is 2.25. The molecule has 0 aromatic heterocycles. The van der Waals surface area contributed by atoms with Crippen LogP contribution in [0.1, 0.15) is 12.8 Å². The fourth-order valence-corrected chi connectivity index (χ4v) is 2.69. The maximum atomic E-state index is 12.0. The van der Waals surface area contributed by atoms with Crippen molar-refractivity contribution in [3.05, 3.63) is 24.3 Å². The lowest BCUT2D eigenvalue weighted by Crippen LogP contribution is -2.29. The van der Waals surface area contributed by atoms with Crippen molar-refractivity contribution in [3.63, 3.8) is 0 Å². The van der Waals surface area contributed by atoms with Crippen LogP contribution in [0.5, 0.6) is 0 Å². The van der Waals surface area contributed by atoms with Crippen LogP contribution in [0.2, 0.25) is 0 Å². The second kappa shape index (κ2) is 5.68. The lowest BCUT2D eigenvalue weighted by atomic mass is 10.3. The molecule has 1 rings (SSSR count). The maximum Gasteiger partial charge on any atom is 0.389 e. The van der Waals surface area contributed by atoms with Gasteiger partial charge in [0.2, 0.25) is 10.0 Å². The molecule has 0 atom stereocenters. The molecule has 0 unspecified atom stereocenters. The largest absolute Gasteiger partial charge is 0.399 e. The molecule has 0 bridgehead atoms. The van der Waals surface area contributed by atoms with E-state index in [9.17, 15) is 21.6 Å². The van der Waals surface area contributed by atoms with Crippen molar-refractivity contribution in [3.8, 4) is 0 Å². The highest BCUT2D eigenvalue weighted by Gasteiger charge is 2.28. The maximum absolute atomic E-state index is 12.0. The van der Waals surface area contributed by atoms with Crippen LogP contribution in [-0.4, -0.2) is 27.4 Å². The van der Waals surface area contributed by atoms with E-state index in [4.69, 9.17) is 5.73 Å². The van der Waals surface area contributed by atoms with Gasteiger partial charge in [-0.15, -0.1) is 0 Å². The Hall–Kier alpha value is -1.44. The second-order valence-corrected chi connectivity index (χ2v) is 6.22. The van der Waals surface area contributed by atoms with Crippen molar-refractivity contribution < 1.29 is 21.6 Å². The van der Waals surface area contributed by atoms with Crippen molar-refractivity contribution in [2.24, 2.45) is 0 Å². The van der Waals surface area contributed by atoms with E-state index in [1.54, 1.807) is 12.1 Å². The van der Waals surface area contributed by atoms with Crippen molar-refractivity contribution in [2.75, 3.05) is 22.8 Å². The molecule has 0 fully saturated rings. The summed E-state index contributed by atoms with van der Waals surface area (Å²) in [6.45, 7) is 0. The summed E-state index contributed by atoms with van der Waals surface area (Å²) < 4.78 is 60.6. The van der Waals surface area contributed by atoms with Gasteiger partial charge in [-0.25, -0.2) is 8.42 Å². The first kappa shape index (κ1) is 15.6. The first-order chi connectivity index (χ1) is 8.62. The fourth-order valence-electron chi connectivity index (χ4n) is 1.47. The second-order valence-electron chi connectivity index (χ2n) is 4.10. The Labute approximate surface area is 110 Å². The number of benzene rings is 1. The zero-order valence-corrected chi connectivity index (χ0v) is 11.1. The molecule has 0 aliphatic carbocycles. The third-order valence-electron chi connectivity index (χ3n) is 2.51. The number of anilines is 2. The highest BCUT2D eigenvalue weighted by Crippen LogP contribution is 2.23. The SMILES string of the molecule is CN(c1cccc(N)c1)S(=O)(=O)CCCC(F)(F)F. The summed E-state index contributed by atoms with van der Waals surface area (Å²) in [7, 11) is -2.49. The molecular formula is C11H15F3N2O2S. The highest BCUT2D eigenvalue weighted by atomic mass is 32.2. The van der Waals surface area contributed by atoms with Crippen LogP contribution < -0.4 is 10.0 Å². The first-order valence-electron chi connectivity index (χ1n) is 5.51. The summed E-state index contributed by atoms with van der Waals surface area (Å²) >= 11 is 0. The molecule has 8 heteroatoms. The van der Waals surface area contributed by atoms with Gasteiger partial charge in [-0.05, 0) is 24.6 Å². The molecule has 19 heavy (non-hydrogen) atoms. The van der Waals surface area contributed by atoms with Gasteiger partial charge in [0.1, 0.15) is 0 Å². The van der Waals surface area contributed by atoms with Crippen molar-refractivity contribution in [1.82, 2.24) is 0 Å². The number of alkyl halides is 3. The zero-order valence-electron chi connectivity index (χ0n) is 10.3. The van der Waals surface area contributed by atoms with Gasteiger partial charge >= 0.3 is 6.18 Å². The smallest absolute Gasteiger partial charge is 0.389 e. The minimum absolute atomic E-state index is 0.326. The number of hydrogen-bond donors (Lipinski definition) is 1. The van der Waals surface area contributed by atoms with E-state index >= 15 is 0 Å². The van der Waals surface area contributed by atoms with Gasteiger partial charge < -0.3 is 5.73 Å². The van der Waals surface area contributed by atoms with E-state index in [0.717, 1.165) is 4.31 Å². The Morgan fingerprint density at radius 1 is 1.32 bits per heavy atom. The standard InChI is InChI=1S/C11H15F3N2O2S/c1-16(10-5-2-4-9(15)8-10)19(17,18)7-3-6-11(12,13)14/h2,4-5,8H,3,6-7,15H2,1H3. The third-order valence-corrected chi connectivity index (χ3v) is 4.36. The summed E-state index contributed by atoms with van der Waals surface area (Å²) in [6.07, 6.45) is -5.92. The highest BCUT2D eigenvalue weighted by molar-refractivity contribution is 7.92. The predicted octanol–water partition coefficient (Wildman–Crippen LogP) is 2.38. The molecular weight excluding hydrogens is 281 g/mol. The number of sulfonamides is 1. The molecule has 0 saturated carbocycles. The molecule has 0 aliphatic heterocycles. The number of nitrogens with zero attached hydrogens (tertiary/aromatic N) is 1. The molecule has 0 saturated heterocycles. The monoisotopic (exact) mass is 296 g/mol. The normalized spacial score (nSPS) is 12.4. The van der Waals surface area contributed by atoms with E-state index in [-0.39, 0.29) is 0 Å².